The molecular weight excluding hydrogens is 294 g/mol. The summed E-state index contributed by atoms with van der Waals surface area (Å²) in [5.41, 5.74) is 2.40. The molecule has 2 aromatic rings. The lowest BCUT2D eigenvalue weighted by Gasteiger charge is -2.09. The highest BCUT2D eigenvalue weighted by atomic mass is 16.2. The van der Waals surface area contributed by atoms with Crippen LogP contribution in [0.1, 0.15) is 12.5 Å². The lowest BCUT2D eigenvalue weighted by atomic mass is 10.2. The Morgan fingerprint density at radius 2 is 1.39 bits per heavy atom. The van der Waals surface area contributed by atoms with Gasteiger partial charge in [0.25, 0.3) is 0 Å². The SMILES string of the molecule is CC(=O)Nc1cccc(NC(=O)C(=O)Nc2ccccc2C)c1. The summed E-state index contributed by atoms with van der Waals surface area (Å²) in [5.74, 6) is -1.76. The van der Waals surface area contributed by atoms with Crippen molar-refractivity contribution in [1.82, 2.24) is 0 Å². The van der Waals surface area contributed by atoms with E-state index in [-0.39, 0.29) is 5.91 Å². The maximum atomic E-state index is 12.0. The number of amides is 3. The molecule has 0 fully saturated rings. The number of rotatable bonds is 3. The van der Waals surface area contributed by atoms with Gasteiger partial charge in [0.2, 0.25) is 5.91 Å². The van der Waals surface area contributed by atoms with Crippen LogP contribution in [0.3, 0.4) is 0 Å². The van der Waals surface area contributed by atoms with Crippen LogP contribution in [-0.4, -0.2) is 17.7 Å². The van der Waals surface area contributed by atoms with Gasteiger partial charge in [-0.3, -0.25) is 14.4 Å². The molecule has 118 valence electrons. The van der Waals surface area contributed by atoms with Crippen LogP contribution in [0.4, 0.5) is 17.1 Å². The van der Waals surface area contributed by atoms with E-state index in [4.69, 9.17) is 0 Å². The van der Waals surface area contributed by atoms with E-state index in [1.54, 1.807) is 36.4 Å². The van der Waals surface area contributed by atoms with Gasteiger partial charge in [-0.05, 0) is 36.8 Å². The third-order valence-electron chi connectivity index (χ3n) is 3.04. The molecule has 0 radical (unpaired) electrons. The van der Waals surface area contributed by atoms with Gasteiger partial charge >= 0.3 is 11.8 Å². The minimum Gasteiger partial charge on any atom is -0.326 e. The molecule has 3 N–H and O–H groups in total. The molecule has 0 saturated heterocycles. The molecule has 0 unspecified atom stereocenters. The van der Waals surface area contributed by atoms with Gasteiger partial charge in [0.1, 0.15) is 0 Å². The maximum absolute atomic E-state index is 12.0. The smallest absolute Gasteiger partial charge is 0.314 e. The monoisotopic (exact) mass is 311 g/mol. The fourth-order valence-corrected chi connectivity index (χ4v) is 1.96. The van der Waals surface area contributed by atoms with Crippen molar-refractivity contribution in [3.63, 3.8) is 0 Å². The molecule has 0 spiro atoms. The minimum absolute atomic E-state index is 0.217. The van der Waals surface area contributed by atoms with E-state index < -0.39 is 11.8 Å². The van der Waals surface area contributed by atoms with Gasteiger partial charge in [0.15, 0.2) is 0 Å². The van der Waals surface area contributed by atoms with Crippen LogP contribution in [0.2, 0.25) is 0 Å². The number of nitrogens with one attached hydrogen (secondary N) is 3. The number of para-hydroxylation sites is 1. The van der Waals surface area contributed by atoms with E-state index in [0.717, 1.165) is 5.56 Å². The van der Waals surface area contributed by atoms with Crippen LogP contribution in [-0.2, 0) is 14.4 Å². The first-order valence-electron chi connectivity index (χ1n) is 7.01. The van der Waals surface area contributed by atoms with Crippen molar-refractivity contribution in [2.24, 2.45) is 0 Å². The molecule has 23 heavy (non-hydrogen) atoms. The van der Waals surface area contributed by atoms with Gasteiger partial charge in [-0.2, -0.15) is 0 Å². The number of aryl methyl sites for hydroxylation is 1. The highest BCUT2D eigenvalue weighted by Crippen LogP contribution is 2.16. The maximum Gasteiger partial charge on any atom is 0.314 e. The van der Waals surface area contributed by atoms with Crippen LogP contribution < -0.4 is 16.0 Å². The van der Waals surface area contributed by atoms with Crippen LogP contribution >= 0.6 is 0 Å². The quantitative estimate of drug-likeness (QED) is 0.761. The minimum atomic E-state index is -0.784. The third-order valence-corrected chi connectivity index (χ3v) is 3.04. The first-order valence-corrected chi connectivity index (χ1v) is 7.01. The average molecular weight is 311 g/mol. The van der Waals surface area contributed by atoms with Crippen molar-refractivity contribution < 1.29 is 14.4 Å². The predicted octanol–water partition coefficient (Wildman–Crippen LogP) is 2.53. The zero-order chi connectivity index (χ0) is 16.8. The summed E-state index contributed by atoms with van der Waals surface area (Å²) in [7, 11) is 0. The molecule has 6 nitrogen and oxygen atoms in total. The van der Waals surface area contributed by atoms with E-state index in [1.165, 1.54) is 6.92 Å². The van der Waals surface area contributed by atoms with Gasteiger partial charge in [0, 0.05) is 24.0 Å². The number of benzene rings is 2. The van der Waals surface area contributed by atoms with Crippen molar-refractivity contribution in [3.8, 4) is 0 Å². The lowest BCUT2D eigenvalue weighted by molar-refractivity contribution is -0.133. The van der Waals surface area contributed by atoms with Gasteiger partial charge in [0.05, 0.1) is 0 Å². The Labute approximate surface area is 133 Å². The highest BCUT2D eigenvalue weighted by Gasteiger charge is 2.15. The summed E-state index contributed by atoms with van der Waals surface area (Å²) in [6.45, 7) is 3.23. The Morgan fingerprint density at radius 1 is 0.783 bits per heavy atom. The van der Waals surface area contributed by atoms with E-state index in [0.29, 0.717) is 17.1 Å². The van der Waals surface area contributed by atoms with E-state index in [9.17, 15) is 14.4 Å². The van der Waals surface area contributed by atoms with E-state index in [1.807, 2.05) is 19.1 Å². The molecule has 0 bridgehead atoms. The molecule has 0 aromatic heterocycles. The first kappa shape index (κ1) is 16.2. The number of hydrogen-bond donors (Lipinski definition) is 3. The Morgan fingerprint density at radius 3 is 2.04 bits per heavy atom. The Kier molecular flexibility index (Phi) is 5.09. The zero-order valence-corrected chi connectivity index (χ0v) is 12.8. The fraction of sp³-hybridized carbons (Fsp3) is 0.118. The largest absolute Gasteiger partial charge is 0.326 e. The molecule has 0 heterocycles. The van der Waals surface area contributed by atoms with Gasteiger partial charge in [-0.1, -0.05) is 24.3 Å². The normalized spacial score (nSPS) is 9.83. The lowest BCUT2D eigenvalue weighted by Crippen LogP contribution is -2.29. The molecule has 0 aliphatic rings. The number of anilines is 3. The molecular formula is C17H17N3O3. The second-order valence-electron chi connectivity index (χ2n) is 4.99. The molecule has 0 aliphatic heterocycles. The van der Waals surface area contributed by atoms with Crippen molar-refractivity contribution >= 4 is 34.8 Å². The Bertz CT molecular complexity index is 756. The highest BCUT2D eigenvalue weighted by molar-refractivity contribution is 6.43. The summed E-state index contributed by atoms with van der Waals surface area (Å²) in [5, 5.41) is 7.65. The van der Waals surface area contributed by atoms with Crippen LogP contribution in [0.5, 0.6) is 0 Å². The zero-order valence-electron chi connectivity index (χ0n) is 12.8. The predicted molar refractivity (Wildman–Crippen MR) is 89.2 cm³/mol. The van der Waals surface area contributed by atoms with Crippen molar-refractivity contribution in [2.45, 2.75) is 13.8 Å². The number of hydrogen-bond acceptors (Lipinski definition) is 3. The Balaban J connectivity index is 2.02. The topological polar surface area (TPSA) is 87.3 Å². The third kappa shape index (κ3) is 4.67. The van der Waals surface area contributed by atoms with Crippen molar-refractivity contribution in [3.05, 3.63) is 54.1 Å². The van der Waals surface area contributed by atoms with Crippen LogP contribution in [0, 0.1) is 6.92 Å². The molecule has 0 saturated carbocycles. The molecule has 0 aliphatic carbocycles. The summed E-state index contributed by atoms with van der Waals surface area (Å²) in [4.78, 5) is 34.9. The summed E-state index contributed by atoms with van der Waals surface area (Å²) in [6, 6.07) is 13.7. The summed E-state index contributed by atoms with van der Waals surface area (Å²) in [6.07, 6.45) is 0. The van der Waals surface area contributed by atoms with E-state index in [2.05, 4.69) is 16.0 Å². The fourth-order valence-electron chi connectivity index (χ4n) is 1.96. The van der Waals surface area contributed by atoms with Crippen molar-refractivity contribution in [2.75, 3.05) is 16.0 Å². The summed E-state index contributed by atoms with van der Waals surface area (Å²) >= 11 is 0. The molecule has 2 aromatic carbocycles. The average Bonchev–Trinajstić information content (AvgIpc) is 2.49. The number of carbonyl (C=O) groups is 3. The first-order chi connectivity index (χ1) is 11.0. The Hall–Kier alpha value is -3.15. The van der Waals surface area contributed by atoms with Gasteiger partial charge < -0.3 is 16.0 Å². The van der Waals surface area contributed by atoms with Crippen LogP contribution in [0.15, 0.2) is 48.5 Å². The van der Waals surface area contributed by atoms with Gasteiger partial charge in [-0.15, -0.1) is 0 Å². The number of carbonyl (C=O) groups excluding carboxylic acids is 3. The molecule has 3 amide bonds. The second-order valence-corrected chi connectivity index (χ2v) is 4.99. The van der Waals surface area contributed by atoms with E-state index >= 15 is 0 Å². The van der Waals surface area contributed by atoms with Crippen molar-refractivity contribution in [1.29, 1.82) is 0 Å². The standard InChI is InChI=1S/C17H17N3O3/c1-11-6-3-4-9-15(11)20-17(23)16(22)19-14-8-5-7-13(10-14)18-12(2)21/h3-10H,1-2H3,(H,18,21)(H,19,22)(H,20,23). The second kappa shape index (κ2) is 7.22. The molecule has 2 rings (SSSR count). The molecule has 0 atom stereocenters. The molecule has 6 heteroatoms. The van der Waals surface area contributed by atoms with Crippen LogP contribution in [0.25, 0.3) is 0 Å². The van der Waals surface area contributed by atoms with Gasteiger partial charge in [-0.25, -0.2) is 0 Å². The summed E-state index contributed by atoms with van der Waals surface area (Å²) < 4.78 is 0.